The Labute approximate surface area is 122 Å². The molecule has 2 N–H and O–H groups in total. The molecule has 2 aliphatic carbocycles. The van der Waals surface area contributed by atoms with E-state index in [0.29, 0.717) is 0 Å². The molecule has 2 nitrogen and oxygen atoms in total. The van der Waals surface area contributed by atoms with E-state index in [9.17, 15) is 5.11 Å². The van der Waals surface area contributed by atoms with Crippen molar-refractivity contribution in [3.8, 4) is 0 Å². The van der Waals surface area contributed by atoms with Crippen molar-refractivity contribution in [2.24, 2.45) is 0 Å². The molecule has 2 fully saturated rings. The molecular formula is C18H27NO. The Morgan fingerprint density at radius 1 is 1.10 bits per heavy atom. The maximum absolute atomic E-state index is 10.6. The van der Waals surface area contributed by atoms with E-state index in [1.165, 1.54) is 49.7 Å². The van der Waals surface area contributed by atoms with Crippen molar-refractivity contribution >= 4 is 0 Å². The fraction of sp³-hybridized carbons (Fsp3) is 0.667. The van der Waals surface area contributed by atoms with Crippen LogP contribution in [0.4, 0.5) is 0 Å². The van der Waals surface area contributed by atoms with Gasteiger partial charge in [0.1, 0.15) is 0 Å². The van der Waals surface area contributed by atoms with E-state index < -0.39 is 5.60 Å². The summed E-state index contributed by atoms with van der Waals surface area (Å²) in [5.41, 5.74) is 2.38. The zero-order chi connectivity index (χ0) is 13.8. The van der Waals surface area contributed by atoms with Crippen molar-refractivity contribution < 1.29 is 5.11 Å². The smallest absolute Gasteiger partial charge is 0.0771 e. The fourth-order valence-electron chi connectivity index (χ4n) is 3.38. The highest BCUT2D eigenvalue weighted by Crippen LogP contribution is 2.40. The Morgan fingerprint density at radius 2 is 1.85 bits per heavy atom. The lowest BCUT2D eigenvalue weighted by molar-refractivity contribution is 0.0250. The maximum atomic E-state index is 10.6. The molecule has 0 atom stereocenters. The van der Waals surface area contributed by atoms with Crippen molar-refractivity contribution in [2.45, 2.75) is 69.4 Å². The molecule has 0 spiro atoms. The Hall–Kier alpha value is -0.860. The van der Waals surface area contributed by atoms with Crippen LogP contribution in [-0.4, -0.2) is 17.3 Å². The van der Waals surface area contributed by atoms with Crippen LogP contribution in [0.3, 0.4) is 0 Å². The van der Waals surface area contributed by atoms with Crippen LogP contribution in [0.25, 0.3) is 0 Å². The maximum Gasteiger partial charge on any atom is 0.0771 e. The second-order valence-electron chi connectivity index (χ2n) is 6.76. The third-order valence-electron chi connectivity index (χ3n) is 4.82. The molecular weight excluding hydrogens is 246 g/mol. The van der Waals surface area contributed by atoms with Gasteiger partial charge >= 0.3 is 0 Å². The average Bonchev–Trinajstić information content (AvgIpc) is 3.27. The van der Waals surface area contributed by atoms with E-state index in [0.717, 1.165) is 31.8 Å². The topological polar surface area (TPSA) is 32.3 Å². The highest BCUT2D eigenvalue weighted by atomic mass is 16.3. The first-order valence-corrected chi connectivity index (χ1v) is 8.27. The monoisotopic (exact) mass is 273 g/mol. The predicted molar refractivity (Wildman–Crippen MR) is 82.8 cm³/mol. The first-order valence-electron chi connectivity index (χ1n) is 8.27. The second-order valence-corrected chi connectivity index (χ2v) is 6.76. The fourth-order valence-corrected chi connectivity index (χ4v) is 3.38. The first kappa shape index (κ1) is 14.1. The third kappa shape index (κ3) is 3.83. The Morgan fingerprint density at radius 3 is 2.55 bits per heavy atom. The molecule has 20 heavy (non-hydrogen) atoms. The molecule has 110 valence electrons. The van der Waals surface area contributed by atoms with Gasteiger partial charge in [0.05, 0.1) is 5.60 Å². The van der Waals surface area contributed by atoms with Crippen LogP contribution < -0.4 is 5.32 Å². The minimum absolute atomic E-state index is 0.468. The third-order valence-corrected chi connectivity index (χ3v) is 4.82. The number of nitrogens with one attached hydrogen (secondary N) is 1. The molecule has 2 saturated carbocycles. The van der Waals surface area contributed by atoms with Gasteiger partial charge in [0.15, 0.2) is 0 Å². The van der Waals surface area contributed by atoms with E-state index in [1.54, 1.807) is 0 Å². The largest absolute Gasteiger partial charge is 0.389 e. The number of rotatable bonds is 5. The molecule has 0 amide bonds. The van der Waals surface area contributed by atoms with Gasteiger partial charge in [-0.25, -0.2) is 0 Å². The normalized spacial score (nSPS) is 22.4. The summed E-state index contributed by atoms with van der Waals surface area (Å²) in [5.74, 6) is 0.820. The van der Waals surface area contributed by atoms with Crippen LogP contribution in [0.2, 0.25) is 0 Å². The molecule has 1 aromatic rings. The first-order chi connectivity index (χ1) is 9.75. The van der Waals surface area contributed by atoms with Gasteiger partial charge < -0.3 is 10.4 Å². The number of aliphatic hydroxyl groups is 1. The van der Waals surface area contributed by atoms with E-state index in [-0.39, 0.29) is 0 Å². The zero-order valence-corrected chi connectivity index (χ0v) is 12.4. The van der Waals surface area contributed by atoms with E-state index in [2.05, 4.69) is 29.6 Å². The molecule has 0 unspecified atom stereocenters. The van der Waals surface area contributed by atoms with E-state index >= 15 is 0 Å². The van der Waals surface area contributed by atoms with Crippen molar-refractivity contribution in [1.29, 1.82) is 0 Å². The standard InChI is InChI=1S/C18H27NO/c20-18(10-3-1-2-4-11-18)14-19-13-15-6-5-7-17(12-15)16-8-9-16/h5-7,12,16,19-20H,1-4,8-11,13-14H2. The van der Waals surface area contributed by atoms with Crippen molar-refractivity contribution in [3.05, 3.63) is 35.4 Å². The van der Waals surface area contributed by atoms with Crippen LogP contribution >= 0.6 is 0 Å². The SMILES string of the molecule is OC1(CNCc2cccc(C3CC3)c2)CCCCCC1. The predicted octanol–water partition coefficient (Wildman–Crippen LogP) is 3.74. The van der Waals surface area contributed by atoms with Crippen molar-refractivity contribution in [1.82, 2.24) is 5.32 Å². The molecule has 0 aliphatic heterocycles. The second kappa shape index (κ2) is 6.28. The van der Waals surface area contributed by atoms with Crippen LogP contribution in [0.5, 0.6) is 0 Å². The lowest BCUT2D eigenvalue weighted by Gasteiger charge is -2.27. The van der Waals surface area contributed by atoms with Gasteiger partial charge in [0.2, 0.25) is 0 Å². The zero-order valence-electron chi connectivity index (χ0n) is 12.4. The molecule has 2 aliphatic rings. The van der Waals surface area contributed by atoms with Gasteiger partial charge in [0, 0.05) is 13.1 Å². The number of hydrogen-bond acceptors (Lipinski definition) is 2. The molecule has 0 radical (unpaired) electrons. The lowest BCUT2D eigenvalue weighted by Crippen LogP contribution is -2.39. The van der Waals surface area contributed by atoms with Crippen LogP contribution in [0, 0.1) is 0 Å². The summed E-state index contributed by atoms with van der Waals surface area (Å²) in [6.45, 7) is 1.61. The van der Waals surface area contributed by atoms with Gasteiger partial charge in [-0.3, -0.25) is 0 Å². The minimum Gasteiger partial charge on any atom is -0.389 e. The van der Waals surface area contributed by atoms with Crippen molar-refractivity contribution in [2.75, 3.05) is 6.54 Å². The van der Waals surface area contributed by atoms with Gasteiger partial charge in [-0.1, -0.05) is 49.9 Å². The Balaban J connectivity index is 1.50. The summed E-state index contributed by atoms with van der Waals surface area (Å²) >= 11 is 0. The van der Waals surface area contributed by atoms with Crippen LogP contribution in [-0.2, 0) is 6.54 Å². The summed E-state index contributed by atoms with van der Waals surface area (Å²) in [4.78, 5) is 0. The molecule has 1 aromatic carbocycles. The summed E-state index contributed by atoms with van der Waals surface area (Å²) in [5, 5.41) is 14.1. The van der Waals surface area contributed by atoms with Gasteiger partial charge in [-0.05, 0) is 42.7 Å². The highest BCUT2D eigenvalue weighted by molar-refractivity contribution is 5.29. The minimum atomic E-state index is -0.468. The molecule has 0 saturated heterocycles. The molecule has 0 heterocycles. The van der Waals surface area contributed by atoms with Gasteiger partial charge in [-0.2, -0.15) is 0 Å². The molecule has 3 rings (SSSR count). The van der Waals surface area contributed by atoms with E-state index in [1.807, 2.05) is 0 Å². The van der Waals surface area contributed by atoms with E-state index in [4.69, 9.17) is 0 Å². The van der Waals surface area contributed by atoms with Crippen molar-refractivity contribution in [3.63, 3.8) is 0 Å². The quantitative estimate of drug-likeness (QED) is 0.801. The molecule has 2 heteroatoms. The molecule has 0 aromatic heterocycles. The number of benzene rings is 1. The summed E-state index contributed by atoms with van der Waals surface area (Å²) in [7, 11) is 0. The summed E-state index contributed by atoms with van der Waals surface area (Å²) in [6, 6.07) is 8.95. The number of hydrogen-bond donors (Lipinski definition) is 2. The van der Waals surface area contributed by atoms with Gasteiger partial charge in [0.25, 0.3) is 0 Å². The Kier molecular flexibility index (Phi) is 4.42. The van der Waals surface area contributed by atoms with Gasteiger partial charge in [-0.15, -0.1) is 0 Å². The highest BCUT2D eigenvalue weighted by Gasteiger charge is 2.27. The summed E-state index contributed by atoms with van der Waals surface area (Å²) in [6.07, 6.45) is 9.56. The lowest BCUT2D eigenvalue weighted by atomic mass is 9.94. The average molecular weight is 273 g/mol. The Bertz CT molecular complexity index is 431. The summed E-state index contributed by atoms with van der Waals surface area (Å²) < 4.78 is 0. The van der Waals surface area contributed by atoms with Crippen LogP contribution in [0.1, 0.15) is 68.4 Å². The van der Waals surface area contributed by atoms with Crippen LogP contribution in [0.15, 0.2) is 24.3 Å². The molecule has 0 bridgehead atoms.